The van der Waals surface area contributed by atoms with Crippen LogP contribution < -0.4 is 26.3 Å². The number of methoxy groups -OCH3 is 2. The van der Waals surface area contributed by atoms with Gasteiger partial charge in [0.15, 0.2) is 0 Å². The Hall–Kier alpha value is -2.28. The van der Waals surface area contributed by atoms with Crippen LogP contribution >= 0.6 is 0 Å². The van der Waals surface area contributed by atoms with E-state index in [0.717, 1.165) is 5.56 Å². The Morgan fingerprint density at radius 2 is 2.00 bits per heavy atom. The number of nitrogens with one attached hydrogen (secondary N) is 1. The molecule has 20 heavy (non-hydrogen) atoms. The molecule has 1 rings (SSSR count). The van der Waals surface area contributed by atoms with Crippen LogP contribution in [0.5, 0.6) is 11.5 Å². The van der Waals surface area contributed by atoms with Crippen molar-refractivity contribution in [3.8, 4) is 11.5 Å². The highest BCUT2D eigenvalue weighted by molar-refractivity contribution is 5.87. The summed E-state index contributed by atoms with van der Waals surface area (Å²) >= 11 is 0. The number of ether oxygens (including phenoxy) is 2. The predicted molar refractivity (Wildman–Crippen MR) is 73.2 cm³/mol. The molecule has 0 aliphatic carbocycles. The highest BCUT2D eigenvalue weighted by atomic mass is 16.5. The van der Waals surface area contributed by atoms with Gasteiger partial charge in [0, 0.05) is 18.2 Å². The molecule has 7 nitrogen and oxygen atoms in total. The molecule has 0 heterocycles. The number of carbonyl (C=O) groups excluding carboxylic acids is 2. The summed E-state index contributed by atoms with van der Waals surface area (Å²) in [6.45, 7) is 0.235. The second-order valence-electron chi connectivity index (χ2n) is 4.17. The standard InChI is InChI=1S/C13H19N3O4/c1-19-9-4-3-8(11(5-9)20-2)7-16-13(18)10(14)6-12(15)17/h3-5,10H,6-7,14H2,1-2H3,(H2,15,17)(H,16,18). The zero-order chi connectivity index (χ0) is 15.1. The third kappa shape index (κ3) is 4.43. The van der Waals surface area contributed by atoms with Gasteiger partial charge >= 0.3 is 0 Å². The van der Waals surface area contributed by atoms with Crippen LogP contribution in [0, 0.1) is 0 Å². The van der Waals surface area contributed by atoms with Crippen LogP contribution in [0.15, 0.2) is 18.2 Å². The molecular weight excluding hydrogens is 262 g/mol. The van der Waals surface area contributed by atoms with E-state index in [1.54, 1.807) is 25.3 Å². The summed E-state index contributed by atoms with van der Waals surface area (Å²) in [7, 11) is 3.08. The normalized spacial score (nSPS) is 11.6. The number of rotatable bonds is 7. The number of hydrogen-bond acceptors (Lipinski definition) is 5. The highest BCUT2D eigenvalue weighted by Gasteiger charge is 2.16. The lowest BCUT2D eigenvalue weighted by Crippen LogP contribution is -2.42. The second kappa shape index (κ2) is 7.34. The van der Waals surface area contributed by atoms with E-state index in [1.165, 1.54) is 7.11 Å². The molecule has 7 heteroatoms. The van der Waals surface area contributed by atoms with Crippen molar-refractivity contribution in [1.82, 2.24) is 5.32 Å². The quantitative estimate of drug-likeness (QED) is 0.624. The van der Waals surface area contributed by atoms with Gasteiger partial charge in [-0.15, -0.1) is 0 Å². The first-order chi connectivity index (χ1) is 9.47. The molecule has 110 valence electrons. The van der Waals surface area contributed by atoms with Crippen LogP contribution in [0.4, 0.5) is 0 Å². The first-order valence-corrected chi connectivity index (χ1v) is 6.00. The van der Waals surface area contributed by atoms with Gasteiger partial charge < -0.3 is 26.3 Å². The van der Waals surface area contributed by atoms with E-state index in [1.807, 2.05) is 0 Å². The fourth-order valence-corrected chi connectivity index (χ4v) is 1.62. The molecule has 1 aromatic carbocycles. The number of hydrogen-bond donors (Lipinski definition) is 3. The number of primary amides is 1. The Balaban J connectivity index is 2.65. The molecule has 0 spiro atoms. The minimum atomic E-state index is -0.947. The molecule has 0 saturated carbocycles. The summed E-state index contributed by atoms with van der Waals surface area (Å²) < 4.78 is 10.3. The van der Waals surface area contributed by atoms with Crippen molar-refractivity contribution in [2.24, 2.45) is 11.5 Å². The smallest absolute Gasteiger partial charge is 0.237 e. The van der Waals surface area contributed by atoms with Gasteiger partial charge in [0.2, 0.25) is 11.8 Å². The molecule has 0 aliphatic heterocycles. The Bertz CT molecular complexity index is 491. The van der Waals surface area contributed by atoms with E-state index in [2.05, 4.69) is 5.32 Å². The van der Waals surface area contributed by atoms with Crippen molar-refractivity contribution in [3.05, 3.63) is 23.8 Å². The summed E-state index contributed by atoms with van der Waals surface area (Å²) in [5, 5.41) is 2.62. The van der Waals surface area contributed by atoms with Crippen LogP contribution in [-0.2, 0) is 16.1 Å². The fourth-order valence-electron chi connectivity index (χ4n) is 1.62. The Labute approximate surface area is 117 Å². The maximum absolute atomic E-state index is 11.7. The Kier molecular flexibility index (Phi) is 5.79. The van der Waals surface area contributed by atoms with Crippen LogP contribution in [0.3, 0.4) is 0 Å². The summed E-state index contributed by atoms with van der Waals surface area (Å²) in [4.78, 5) is 22.4. The largest absolute Gasteiger partial charge is 0.497 e. The molecule has 0 radical (unpaired) electrons. The average Bonchev–Trinajstić information content (AvgIpc) is 2.43. The van der Waals surface area contributed by atoms with E-state index in [4.69, 9.17) is 20.9 Å². The zero-order valence-electron chi connectivity index (χ0n) is 11.5. The molecule has 5 N–H and O–H groups in total. The number of nitrogens with two attached hydrogens (primary N) is 2. The van der Waals surface area contributed by atoms with E-state index >= 15 is 0 Å². The van der Waals surface area contributed by atoms with Gasteiger partial charge in [0.1, 0.15) is 11.5 Å². The van der Waals surface area contributed by atoms with E-state index in [9.17, 15) is 9.59 Å². The lowest BCUT2D eigenvalue weighted by atomic mass is 10.1. The Morgan fingerprint density at radius 3 is 2.55 bits per heavy atom. The van der Waals surface area contributed by atoms with Gasteiger partial charge in [0.05, 0.1) is 26.7 Å². The van der Waals surface area contributed by atoms with Crippen molar-refractivity contribution in [3.63, 3.8) is 0 Å². The molecule has 0 fully saturated rings. The fraction of sp³-hybridized carbons (Fsp3) is 0.385. The van der Waals surface area contributed by atoms with Crippen molar-refractivity contribution >= 4 is 11.8 Å². The number of amides is 2. The molecule has 1 unspecified atom stereocenters. The second-order valence-corrected chi connectivity index (χ2v) is 4.17. The highest BCUT2D eigenvalue weighted by Crippen LogP contribution is 2.24. The monoisotopic (exact) mass is 281 g/mol. The van der Waals surface area contributed by atoms with Crippen LogP contribution in [0.25, 0.3) is 0 Å². The molecule has 0 aliphatic rings. The molecule has 0 aromatic heterocycles. The SMILES string of the molecule is COc1ccc(CNC(=O)C(N)CC(N)=O)c(OC)c1. The third-order valence-electron chi connectivity index (χ3n) is 2.71. The molecule has 0 saturated heterocycles. The first-order valence-electron chi connectivity index (χ1n) is 6.00. The lowest BCUT2D eigenvalue weighted by Gasteiger charge is -2.13. The molecular formula is C13H19N3O4. The molecule has 0 bridgehead atoms. The average molecular weight is 281 g/mol. The van der Waals surface area contributed by atoms with Crippen molar-refractivity contribution in [1.29, 1.82) is 0 Å². The van der Waals surface area contributed by atoms with Crippen LogP contribution in [0.2, 0.25) is 0 Å². The maximum Gasteiger partial charge on any atom is 0.237 e. The predicted octanol–water partition coefficient (Wildman–Crippen LogP) is -0.477. The van der Waals surface area contributed by atoms with Gasteiger partial charge in [-0.25, -0.2) is 0 Å². The van der Waals surface area contributed by atoms with Gasteiger partial charge in [0.25, 0.3) is 0 Å². The minimum Gasteiger partial charge on any atom is -0.497 e. The summed E-state index contributed by atoms with van der Waals surface area (Å²) in [6.07, 6.45) is -0.189. The van der Waals surface area contributed by atoms with Gasteiger partial charge in [-0.1, -0.05) is 0 Å². The minimum absolute atomic E-state index is 0.189. The number of benzene rings is 1. The Morgan fingerprint density at radius 1 is 1.30 bits per heavy atom. The lowest BCUT2D eigenvalue weighted by molar-refractivity contribution is -0.126. The summed E-state index contributed by atoms with van der Waals surface area (Å²) in [5.41, 5.74) is 11.3. The topological polar surface area (TPSA) is 117 Å². The van der Waals surface area contributed by atoms with E-state index < -0.39 is 17.9 Å². The molecule has 1 atom stereocenters. The van der Waals surface area contributed by atoms with E-state index in [0.29, 0.717) is 11.5 Å². The zero-order valence-corrected chi connectivity index (χ0v) is 11.5. The van der Waals surface area contributed by atoms with Gasteiger partial charge in [-0.3, -0.25) is 9.59 Å². The summed E-state index contributed by atoms with van der Waals surface area (Å²) in [5.74, 6) is 0.187. The van der Waals surface area contributed by atoms with Crippen LogP contribution in [0.1, 0.15) is 12.0 Å². The summed E-state index contributed by atoms with van der Waals surface area (Å²) in [6, 6.07) is 4.30. The van der Waals surface area contributed by atoms with Gasteiger partial charge in [-0.05, 0) is 12.1 Å². The van der Waals surface area contributed by atoms with Gasteiger partial charge in [-0.2, -0.15) is 0 Å². The van der Waals surface area contributed by atoms with Crippen molar-refractivity contribution in [2.75, 3.05) is 14.2 Å². The van der Waals surface area contributed by atoms with Crippen LogP contribution in [-0.4, -0.2) is 32.1 Å². The maximum atomic E-state index is 11.7. The molecule has 2 amide bonds. The van der Waals surface area contributed by atoms with E-state index in [-0.39, 0.29) is 13.0 Å². The van der Waals surface area contributed by atoms with Crippen molar-refractivity contribution in [2.45, 2.75) is 19.0 Å². The van der Waals surface area contributed by atoms with Crippen molar-refractivity contribution < 1.29 is 19.1 Å². The first kappa shape index (κ1) is 15.8. The third-order valence-corrected chi connectivity index (χ3v) is 2.71. The molecule has 1 aromatic rings. The number of carbonyl (C=O) groups is 2.